The van der Waals surface area contributed by atoms with E-state index in [1.165, 1.54) is 0 Å². The molecule has 3 aromatic carbocycles. The minimum atomic E-state index is -0.736. The van der Waals surface area contributed by atoms with Crippen LogP contribution in [-0.2, 0) is 22.7 Å². The molecule has 0 saturated heterocycles. The summed E-state index contributed by atoms with van der Waals surface area (Å²) < 4.78 is 27.6. The van der Waals surface area contributed by atoms with E-state index in [0.717, 1.165) is 35.4 Å². The van der Waals surface area contributed by atoms with E-state index in [1.807, 2.05) is 60.7 Å². The second kappa shape index (κ2) is 10.1. The number of benzene rings is 3. The quantitative estimate of drug-likeness (QED) is 0.354. The number of halogens is 2. The Labute approximate surface area is 173 Å². The molecule has 0 aliphatic rings. The van der Waals surface area contributed by atoms with E-state index in [9.17, 15) is 18.4 Å². The Morgan fingerprint density at radius 3 is 1.73 bits per heavy atom. The summed E-state index contributed by atoms with van der Waals surface area (Å²) in [6.07, 6.45) is 1.05. The maximum Gasteiger partial charge on any atom is 0.257 e. The molecule has 0 heterocycles. The highest BCUT2D eigenvalue weighted by Crippen LogP contribution is 2.15. The van der Waals surface area contributed by atoms with Crippen LogP contribution in [-0.4, -0.2) is 11.8 Å². The summed E-state index contributed by atoms with van der Waals surface area (Å²) in [7, 11) is 0. The lowest BCUT2D eigenvalue weighted by molar-refractivity contribution is -0.123. The first-order valence-corrected chi connectivity index (χ1v) is 9.34. The lowest BCUT2D eigenvalue weighted by Gasteiger charge is -2.11. The highest BCUT2D eigenvalue weighted by Gasteiger charge is 2.19. The average Bonchev–Trinajstić information content (AvgIpc) is 2.77. The lowest BCUT2D eigenvalue weighted by atomic mass is 10.1. The average molecular weight is 406 g/mol. The second-order valence-corrected chi connectivity index (χ2v) is 6.56. The Kier molecular flexibility index (Phi) is 7.05. The van der Waals surface area contributed by atoms with Crippen molar-refractivity contribution in [3.05, 3.63) is 113 Å². The molecule has 0 atom stereocenters. The zero-order chi connectivity index (χ0) is 21.3. The molecule has 4 nitrogen and oxygen atoms in total. The van der Waals surface area contributed by atoms with E-state index in [-0.39, 0.29) is 24.2 Å². The van der Waals surface area contributed by atoms with Crippen LogP contribution in [0.5, 0.6) is 0 Å². The van der Waals surface area contributed by atoms with Crippen molar-refractivity contribution in [1.82, 2.24) is 10.6 Å². The largest absolute Gasteiger partial charge is 0.348 e. The zero-order valence-electron chi connectivity index (χ0n) is 16.1. The van der Waals surface area contributed by atoms with Crippen molar-refractivity contribution in [2.75, 3.05) is 0 Å². The molecule has 3 aromatic rings. The number of rotatable bonds is 7. The summed E-state index contributed by atoms with van der Waals surface area (Å²) in [4.78, 5) is 25.4. The van der Waals surface area contributed by atoms with Gasteiger partial charge in [0.25, 0.3) is 11.8 Å². The molecule has 30 heavy (non-hydrogen) atoms. The van der Waals surface area contributed by atoms with Gasteiger partial charge in [0.15, 0.2) is 0 Å². The molecule has 2 amide bonds. The van der Waals surface area contributed by atoms with Gasteiger partial charge >= 0.3 is 0 Å². The van der Waals surface area contributed by atoms with Crippen LogP contribution < -0.4 is 10.6 Å². The SMILES string of the molecule is O=C(NCc1ccccc1)C(=Cc1cc(F)ccc1F)C(=O)NCc1ccccc1. The number of nitrogens with one attached hydrogen (secondary N) is 2. The summed E-state index contributed by atoms with van der Waals surface area (Å²) in [6.45, 7) is 0.378. The van der Waals surface area contributed by atoms with Gasteiger partial charge in [-0.15, -0.1) is 0 Å². The van der Waals surface area contributed by atoms with Crippen molar-refractivity contribution in [2.24, 2.45) is 0 Å². The molecule has 0 fully saturated rings. The third-order valence-electron chi connectivity index (χ3n) is 4.34. The number of hydrogen-bond acceptors (Lipinski definition) is 2. The van der Waals surface area contributed by atoms with E-state index >= 15 is 0 Å². The van der Waals surface area contributed by atoms with Gasteiger partial charge in [0.05, 0.1) is 0 Å². The van der Waals surface area contributed by atoms with Crippen molar-refractivity contribution in [3.63, 3.8) is 0 Å². The predicted octanol–water partition coefficient (Wildman–Crippen LogP) is 3.98. The summed E-state index contributed by atoms with van der Waals surface area (Å²) in [5, 5.41) is 5.30. The predicted molar refractivity (Wildman–Crippen MR) is 111 cm³/mol. The van der Waals surface area contributed by atoms with Gasteiger partial charge in [-0.2, -0.15) is 0 Å². The number of carbonyl (C=O) groups excluding carboxylic acids is 2. The summed E-state index contributed by atoms with van der Waals surface area (Å²) in [5.41, 5.74) is 1.18. The molecule has 0 radical (unpaired) electrons. The molecule has 152 valence electrons. The third kappa shape index (κ3) is 5.85. The lowest BCUT2D eigenvalue weighted by Crippen LogP contribution is -2.34. The Morgan fingerprint density at radius 2 is 1.23 bits per heavy atom. The fourth-order valence-electron chi connectivity index (χ4n) is 2.76. The molecule has 0 aliphatic heterocycles. The van der Waals surface area contributed by atoms with E-state index in [1.54, 1.807) is 0 Å². The minimum absolute atomic E-state index is 0.185. The van der Waals surface area contributed by atoms with Gasteiger partial charge in [-0.3, -0.25) is 9.59 Å². The Balaban J connectivity index is 1.81. The summed E-state index contributed by atoms with van der Waals surface area (Å²) in [6, 6.07) is 21.2. The minimum Gasteiger partial charge on any atom is -0.348 e. The van der Waals surface area contributed by atoms with Crippen LogP contribution in [0.25, 0.3) is 6.08 Å². The van der Waals surface area contributed by atoms with Gasteiger partial charge < -0.3 is 10.6 Å². The van der Waals surface area contributed by atoms with E-state index in [0.29, 0.717) is 0 Å². The van der Waals surface area contributed by atoms with Crippen LogP contribution in [0.2, 0.25) is 0 Å². The van der Waals surface area contributed by atoms with Crippen LogP contribution >= 0.6 is 0 Å². The molecule has 3 rings (SSSR count). The van der Waals surface area contributed by atoms with Crippen molar-refractivity contribution < 1.29 is 18.4 Å². The molecule has 0 saturated carbocycles. The molecular weight excluding hydrogens is 386 g/mol. The standard InChI is InChI=1S/C24H20F2N2O2/c25-20-11-12-22(26)19(13-20)14-21(23(29)27-15-17-7-3-1-4-8-17)24(30)28-16-18-9-5-2-6-10-18/h1-14H,15-16H2,(H,27,29)(H,28,30). The zero-order valence-corrected chi connectivity index (χ0v) is 16.1. The molecule has 0 aliphatic carbocycles. The molecule has 0 aromatic heterocycles. The topological polar surface area (TPSA) is 58.2 Å². The fourth-order valence-corrected chi connectivity index (χ4v) is 2.76. The van der Waals surface area contributed by atoms with E-state index in [2.05, 4.69) is 10.6 Å². The third-order valence-corrected chi connectivity index (χ3v) is 4.34. The summed E-state index contributed by atoms with van der Waals surface area (Å²) in [5.74, 6) is -2.78. The van der Waals surface area contributed by atoms with Crippen LogP contribution in [0, 0.1) is 11.6 Å². The van der Waals surface area contributed by atoms with Gasteiger partial charge in [-0.25, -0.2) is 8.78 Å². The first-order valence-electron chi connectivity index (χ1n) is 9.34. The van der Waals surface area contributed by atoms with Gasteiger partial charge in [0.2, 0.25) is 0 Å². The number of hydrogen-bond donors (Lipinski definition) is 2. The van der Waals surface area contributed by atoms with Gasteiger partial charge in [-0.05, 0) is 35.4 Å². The van der Waals surface area contributed by atoms with Crippen molar-refractivity contribution in [1.29, 1.82) is 0 Å². The highest BCUT2D eigenvalue weighted by molar-refractivity contribution is 6.21. The number of amides is 2. The monoisotopic (exact) mass is 406 g/mol. The Morgan fingerprint density at radius 1 is 0.733 bits per heavy atom. The van der Waals surface area contributed by atoms with Gasteiger partial charge in [-0.1, -0.05) is 60.7 Å². The first-order chi connectivity index (χ1) is 14.5. The summed E-state index contributed by atoms with van der Waals surface area (Å²) >= 11 is 0. The van der Waals surface area contributed by atoms with Gasteiger partial charge in [0.1, 0.15) is 17.2 Å². The first kappa shape index (κ1) is 20.9. The second-order valence-electron chi connectivity index (χ2n) is 6.56. The molecule has 0 bridgehead atoms. The van der Waals surface area contributed by atoms with Crippen LogP contribution in [0.15, 0.2) is 84.4 Å². The molecule has 0 unspecified atom stereocenters. The Bertz CT molecular complexity index is 994. The maximum absolute atomic E-state index is 14.1. The van der Waals surface area contributed by atoms with Crippen molar-refractivity contribution in [2.45, 2.75) is 13.1 Å². The van der Waals surface area contributed by atoms with Gasteiger partial charge in [0, 0.05) is 18.7 Å². The molecule has 6 heteroatoms. The van der Waals surface area contributed by atoms with E-state index < -0.39 is 23.4 Å². The number of carbonyl (C=O) groups is 2. The normalized spacial score (nSPS) is 10.2. The Hall–Kier alpha value is -3.80. The molecule has 0 spiro atoms. The smallest absolute Gasteiger partial charge is 0.257 e. The molecule has 2 N–H and O–H groups in total. The fraction of sp³-hybridized carbons (Fsp3) is 0.0833. The molecular formula is C24H20F2N2O2. The van der Waals surface area contributed by atoms with Crippen LogP contribution in [0.4, 0.5) is 8.78 Å². The van der Waals surface area contributed by atoms with Crippen molar-refractivity contribution in [3.8, 4) is 0 Å². The van der Waals surface area contributed by atoms with Crippen LogP contribution in [0.1, 0.15) is 16.7 Å². The highest BCUT2D eigenvalue weighted by atomic mass is 19.1. The van der Waals surface area contributed by atoms with E-state index in [4.69, 9.17) is 0 Å². The maximum atomic E-state index is 14.1. The van der Waals surface area contributed by atoms with Crippen molar-refractivity contribution >= 4 is 17.9 Å². The van der Waals surface area contributed by atoms with Crippen LogP contribution in [0.3, 0.4) is 0 Å².